The fraction of sp³-hybridized carbons (Fsp3) is 0.467. The molecule has 2 heteroatoms. The molecular weight excluding hydrogens is 212 g/mol. The first-order chi connectivity index (χ1) is 8.24. The average molecular weight is 232 g/mol. The number of hydrogen-bond acceptors (Lipinski definition) is 2. The van der Waals surface area contributed by atoms with Gasteiger partial charge in [-0.15, -0.1) is 0 Å². The van der Waals surface area contributed by atoms with Crippen molar-refractivity contribution in [1.29, 1.82) is 0 Å². The van der Waals surface area contributed by atoms with Gasteiger partial charge in [0.2, 0.25) is 0 Å². The molecule has 0 radical (unpaired) electrons. The molecule has 1 aromatic carbocycles. The second-order valence-corrected chi connectivity index (χ2v) is 4.58. The van der Waals surface area contributed by atoms with E-state index in [4.69, 9.17) is 4.42 Å². The van der Waals surface area contributed by atoms with Gasteiger partial charge in [-0.1, -0.05) is 44.4 Å². The van der Waals surface area contributed by atoms with Crippen molar-refractivity contribution in [2.24, 2.45) is 0 Å². The van der Waals surface area contributed by atoms with Crippen LogP contribution in [-0.4, -0.2) is 5.11 Å². The molecule has 1 aromatic heterocycles. The SMILES string of the molecule is CCCCCC(O)c1c(C)oc2ccccc12. The maximum atomic E-state index is 10.3. The minimum atomic E-state index is -0.398. The molecule has 0 aliphatic rings. The van der Waals surface area contributed by atoms with Gasteiger partial charge >= 0.3 is 0 Å². The number of furan rings is 1. The summed E-state index contributed by atoms with van der Waals surface area (Å²) in [5, 5.41) is 11.3. The van der Waals surface area contributed by atoms with Gasteiger partial charge in [-0.3, -0.25) is 0 Å². The Kier molecular flexibility index (Phi) is 3.85. The number of para-hydroxylation sites is 1. The Bertz CT molecular complexity index is 485. The van der Waals surface area contributed by atoms with Crippen LogP contribution in [0.25, 0.3) is 11.0 Å². The van der Waals surface area contributed by atoms with Gasteiger partial charge in [0.15, 0.2) is 0 Å². The van der Waals surface area contributed by atoms with Gasteiger partial charge in [0.1, 0.15) is 11.3 Å². The van der Waals surface area contributed by atoms with Crippen LogP contribution >= 0.6 is 0 Å². The molecule has 1 unspecified atom stereocenters. The number of rotatable bonds is 5. The van der Waals surface area contributed by atoms with Crippen molar-refractivity contribution in [3.8, 4) is 0 Å². The van der Waals surface area contributed by atoms with Crippen molar-refractivity contribution in [1.82, 2.24) is 0 Å². The fourth-order valence-electron chi connectivity index (χ4n) is 2.33. The Hall–Kier alpha value is -1.28. The highest BCUT2D eigenvalue weighted by Gasteiger charge is 2.17. The molecule has 0 aliphatic carbocycles. The molecule has 17 heavy (non-hydrogen) atoms. The van der Waals surface area contributed by atoms with Crippen LogP contribution in [-0.2, 0) is 0 Å². The summed E-state index contributed by atoms with van der Waals surface area (Å²) in [6, 6.07) is 7.91. The summed E-state index contributed by atoms with van der Waals surface area (Å²) in [6.07, 6.45) is 3.84. The molecule has 1 N–H and O–H groups in total. The molecule has 2 rings (SSSR count). The van der Waals surface area contributed by atoms with Crippen LogP contribution in [0, 0.1) is 6.92 Å². The van der Waals surface area contributed by atoms with E-state index < -0.39 is 6.10 Å². The lowest BCUT2D eigenvalue weighted by atomic mass is 10.0. The van der Waals surface area contributed by atoms with E-state index in [0.29, 0.717) is 0 Å². The third-order valence-corrected chi connectivity index (χ3v) is 3.23. The number of aryl methyl sites for hydroxylation is 1. The number of hydrogen-bond donors (Lipinski definition) is 1. The van der Waals surface area contributed by atoms with E-state index in [1.807, 2.05) is 31.2 Å². The third kappa shape index (κ3) is 2.52. The molecule has 1 heterocycles. The number of unbranched alkanes of at least 4 members (excludes halogenated alkanes) is 2. The first-order valence-electron chi connectivity index (χ1n) is 6.40. The molecule has 1 atom stereocenters. The van der Waals surface area contributed by atoms with Gasteiger partial charge in [-0.2, -0.15) is 0 Å². The summed E-state index contributed by atoms with van der Waals surface area (Å²) >= 11 is 0. The predicted octanol–water partition coefficient (Wildman–Crippen LogP) is 4.35. The number of aliphatic hydroxyl groups excluding tert-OH is 1. The van der Waals surface area contributed by atoms with Crippen LogP contribution in [0.4, 0.5) is 0 Å². The molecular formula is C15H20O2. The minimum Gasteiger partial charge on any atom is -0.461 e. The van der Waals surface area contributed by atoms with E-state index >= 15 is 0 Å². The normalized spacial score (nSPS) is 13.1. The summed E-state index contributed by atoms with van der Waals surface area (Å²) in [7, 11) is 0. The predicted molar refractivity (Wildman–Crippen MR) is 70.1 cm³/mol. The van der Waals surface area contributed by atoms with Gasteiger partial charge in [0.05, 0.1) is 6.10 Å². The van der Waals surface area contributed by atoms with E-state index in [1.165, 1.54) is 12.8 Å². The molecule has 2 nitrogen and oxygen atoms in total. The maximum absolute atomic E-state index is 10.3. The van der Waals surface area contributed by atoms with Crippen molar-refractivity contribution >= 4 is 11.0 Å². The zero-order valence-electron chi connectivity index (χ0n) is 10.6. The molecule has 0 spiro atoms. The lowest BCUT2D eigenvalue weighted by Crippen LogP contribution is -1.98. The lowest BCUT2D eigenvalue weighted by Gasteiger charge is -2.09. The topological polar surface area (TPSA) is 33.4 Å². The van der Waals surface area contributed by atoms with Gasteiger partial charge in [-0.05, 0) is 19.4 Å². The van der Waals surface area contributed by atoms with Crippen LogP contribution in [0.2, 0.25) is 0 Å². The Morgan fingerprint density at radius 1 is 1.24 bits per heavy atom. The van der Waals surface area contributed by atoms with Crippen molar-refractivity contribution in [2.45, 2.75) is 45.6 Å². The first kappa shape index (κ1) is 12.2. The largest absolute Gasteiger partial charge is 0.461 e. The molecule has 2 aromatic rings. The fourth-order valence-corrected chi connectivity index (χ4v) is 2.33. The zero-order chi connectivity index (χ0) is 12.3. The highest BCUT2D eigenvalue weighted by Crippen LogP contribution is 2.32. The van der Waals surface area contributed by atoms with Crippen molar-refractivity contribution in [3.05, 3.63) is 35.6 Å². The van der Waals surface area contributed by atoms with Crippen molar-refractivity contribution in [3.63, 3.8) is 0 Å². The second kappa shape index (κ2) is 5.37. The average Bonchev–Trinajstić information content (AvgIpc) is 2.65. The zero-order valence-corrected chi connectivity index (χ0v) is 10.6. The smallest absolute Gasteiger partial charge is 0.134 e. The van der Waals surface area contributed by atoms with E-state index in [-0.39, 0.29) is 0 Å². The Morgan fingerprint density at radius 2 is 2.00 bits per heavy atom. The summed E-state index contributed by atoms with van der Waals surface area (Å²) in [4.78, 5) is 0. The third-order valence-electron chi connectivity index (χ3n) is 3.23. The van der Waals surface area contributed by atoms with E-state index in [2.05, 4.69) is 6.92 Å². The van der Waals surface area contributed by atoms with Crippen molar-refractivity contribution < 1.29 is 9.52 Å². The van der Waals surface area contributed by atoms with Gasteiger partial charge < -0.3 is 9.52 Å². The molecule has 0 saturated heterocycles. The van der Waals surface area contributed by atoms with Gasteiger partial charge in [0, 0.05) is 10.9 Å². The summed E-state index contributed by atoms with van der Waals surface area (Å²) in [5.41, 5.74) is 1.84. The Morgan fingerprint density at radius 3 is 2.76 bits per heavy atom. The highest BCUT2D eigenvalue weighted by atomic mass is 16.3. The molecule has 0 aliphatic heterocycles. The molecule has 0 saturated carbocycles. The minimum absolute atomic E-state index is 0.398. The van der Waals surface area contributed by atoms with Gasteiger partial charge in [-0.25, -0.2) is 0 Å². The molecule has 0 fully saturated rings. The Labute approximate surface area is 102 Å². The lowest BCUT2D eigenvalue weighted by molar-refractivity contribution is 0.163. The molecule has 0 amide bonds. The second-order valence-electron chi connectivity index (χ2n) is 4.58. The summed E-state index contributed by atoms with van der Waals surface area (Å²) < 4.78 is 5.67. The standard InChI is InChI=1S/C15H20O2/c1-3-4-5-9-13(16)15-11(2)17-14-10-7-6-8-12(14)15/h6-8,10,13,16H,3-5,9H2,1-2H3. The summed E-state index contributed by atoms with van der Waals surface area (Å²) in [5.74, 6) is 0.843. The number of benzene rings is 1. The van der Waals surface area contributed by atoms with Crippen LogP contribution in [0.3, 0.4) is 0 Å². The van der Waals surface area contributed by atoms with E-state index in [9.17, 15) is 5.11 Å². The first-order valence-corrected chi connectivity index (χ1v) is 6.40. The van der Waals surface area contributed by atoms with Crippen LogP contribution in [0.15, 0.2) is 28.7 Å². The summed E-state index contributed by atoms with van der Waals surface area (Å²) in [6.45, 7) is 4.10. The Balaban J connectivity index is 2.24. The molecule has 92 valence electrons. The quantitative estimate of drug-likeness (QED) is 0.777. The highest BCUT2D eigenvalue weighted by molar-refractivity contribution is 5.82. The van der Waals surface area contributed by atoms with Crippen LogP contribution < -0.4 is 0 Å². The molecule has 0 bridgehead atoms. The van der Waals surface area contributed by atoms with E-state index in [0.717, 1.165) is 35.1 Å². The van der Waals surface area contributed by atoms with Crippen molar-refractivity contribution in [2.75, 3.05) is 0 Å². The number of fused-ring (bicyclic) bond motifs is 1. The maximum Gasteiger partial charge on any atom is 0.134 e. The van der Waals surface area contributed by atoms with Crippen LogP contribution in [0.1, 0.15) is 50.0 Å². The number of aliphatic hydroxyl groups is 1. The monoisotopic (exact) mass is 232 g/mol. The van der Waals surface area contributed by atoms with Crippen LogP contribution in [0.5, 0.6) is 0 Å². The van der Waals surface area contributed by atoms with Gasteiger partial charge in [0.25, 0.3) is 0 Å². The van der Waals surface area contributed by atoms with E-state index in [1.54, 1.807) is 0 Å².